The number of aryl methyl sites for hydroxylation is 2. The van der Waals surface area contributed by atoms with E-state index in [0.29, 0.717) is 6.42 Å². The normalized spacial score (nSPS) is 21.8. The van der Waals surface area contributed by atoms with E-state index in [1.54, 1.807) is 0 Å². The van der Waals surface area contributed by atoms with E-state index in [1.165, 1.54) is 11.1 Å². The number of carbonyl (C=O) groups is 1. The maximum atomic E-state index is 12.3. The number of piperidine rings is 1. The van der Waals surface area contributed by atoms with E-state index in [1.807, 2.05) is 4.90 Å². The number of hydrogen-bond donors (Lipinski definition) is 1. The predicted octanol–water partition coefficient (Wildman–Crippen LogP) is 2.51. The third-order valence-electron chi connectivity index (χ3n) is 4.41. The Kier molecular flexibility index (Phi) is 4.48. The zero-order chi connectivity index (χ0) is 14.8. The van der Waals surface area contributed by atoms with Gasteiger partial charge in [0.1, 0.15) is 0 Å². The van der Waals surface area contributed by atoms with Crippen LogP contribution in [0.15, 0.2) is 24.3 Å². The van der Waals surface area contributed by atoms with Gasteiger partial charge in [0.2, 0.25) is 5.91 Å². The summed E-state index contributed by atoms with van der Waals surface area (Å²) in [6, 6.07) is 8.62. The lowest BCUT2D eigenvalue weighted by atomic mass is 9.79. The summed E-state index contributed by atoms with van der Waals surface area (Å²) >= 11 is 0. The second kappa shape index (κ2) is 5.96. The standard InChI is InChI=1S/C17H26N2O/c1-13-4-6-14(7-5-13)8-9-16(20)19-11-10-15(18)17(2,3)12-19/h4-7,15H,8-12,18H2,1-3H3. The maximum absolute atomic E-state index is 12.3. The third-order valence-corrected chi connectivity index (χ3v) is 4.41. The van der Waals surface area contributed by atoms with Crippen LogP contribution in [0.3, 0.4) is 0 Å². The quantitative estimate of drug-likeness (QED) is 0.920. The van der Waals surface area contributed by atoms with Crippen molar-refractivity contribution in [2.45, 2.75) is 46.1 Å². The molecule has 1 amide bonds. The van der Waals surface area contributed by atoms with Gasteiger partial charge in [-0.2, -0.15) is 0 Å². The summed E-state index contributed by atoms with van der Waals surface area (Å²) in [6.45, 7) is 7.96. The van der Waals surface area contributed by atoms with Gasteiger partial charge in [-0.3, -0.25) is 4.79 Å². The number of nitrogens with zero attached hydrogens (tertiary/aromatic N) is 1. The van der Waals surface area contributed by atoms with E-state index >= 15 is 0 Å². The molecule has 0 aliphatic carbocycles. The van der Waals surface area contributed by atoms with Crippen LogP contribution in [0.2, 0.25) is 0 Å². The van der Waals surface area contributed by atoms with E-state index in [0.717, 1.165) is 25.9 Å². The van der Waals surface area contributed by atoms with Crippen LogP contribution < -0.4 is 5.73 Å². The summed E-state index contributed by atoms with van der Waals surface area (Å²) in [5.74, 6) is 0.255. The molecular weight excluding hydrogens is 248 g/mol. The minimum absolute atomic E-state index is 0.0256. The van der Waals surface area contributed by atoms with Crippen LogP contribution in [0, 0.1) is 12.3 Å². The highest BCUT2D eigenvalue weighted by Crippen LogP contribution is 2.28. The predicted molar refractivity (Wildman–Crippen MR) is 82.5 cm³/mol. The summed E-state index contributed by atoms with van der Waals surface area (Å²) in [4.78, 5) is 14.3. The minimum Gasteiger partial charge on any atom is -0.342 e. The molecule has 2 rings (SSSR count). The Bertz CT molecular complexity index is 464. The lowest BCUT2D eigenvalue weighted by Gasteiger charge is -2.42. The van der Waals surface area contributed by atoms with Crippen molar-refractivity contribution in [1.82, 2.24) is 4.90 Å². The van der Waals surface area contributed by atoms with Crippen LogP contribution >= 0.6 is 0 Å². The Balaban J connectivity index is 1.87. The molecule has 1 heterocycles. The van der Waals surface area contributed by atoms with Crippen molar-refractivity contribution in [3.8, 4) is 0 Å². The smallest absolute Gasteiger partial charge is 0.222 e. The average molecular weight is 274 g/mol. The molecule has 3 nitrogen and oxygen atoms in total. The molecule has 3 heteroatoms. The van der Waals surface area contributed by atoms with Crippen LogP contribution in [-0.2, 0) is 11.2 Å². The lowest BCUT2D eigenvalue weighted by Crippen LogP contribution is -2.54. The fourth-order valence-corrected chi connectivity index (χ4v) is 2.75. The van der Waals surface area contributed by atoms with Crippen molar-refractivity contribution in [2.24, 2.45) is 11.1 Å². The first-order valence-electron chi connectivity index (χ1n) is 7.47. The Morgan fingerprint density at radius 3 is 2.60 bits per heavy atom. The molecule has 0 aromatic heterocycles. The molecule has 1 unspecified atom stereocenters. The minimum atomic E-state index is 0.0256. The van der Waals surface area contributed by atoms with Gasteiger partial charge in [0, 0.05) is 25.6 Å². The van der Waals surface area contributed by atoms with Crippen molar-refractivity contribution in [3.05, 3.63) is 35.4 Å². The molecule has 110 valence electrons. The molecule has 1 aromatic carbocycles. The largest absolute Gasteiger partial charge is 0.342 e. The van der Waals surface area contributed by atoms with E-state index in [9.17, 15) is 4.79 Å². The second-order valence-electron chi connectivity index (χ2n) is 6.68. The van der Waals surface area contributed by atoms with Crippen molar-refractivity contribution in [3.63, 3.8) is 0 Å². The molecular formula is C17H26N2O. The number of rotatable bonds is 3. The van der Waals surface area contributed by atoms with E-state index < -0.39 is 0 Å². The molecule has 0 saturated carbocycles. The van der Waals surface area contributed by atoms with Gasteiger partial charge in [-0.1, -0.05) is 43.7 Å². The van der Waals surface area contributed by atoms with Gasteiger partial charge >= 0.3 is 0 Å². The molecule has 0 spiro atoms. The third kappa shape index (κ3) is 3.60. The summed E-state index contributed by atoms with van der Waals surface area (Å²) in [5, 5.41) is 0. The summed E-state index contributed by atoms with van der Waals surface area (Å²) in [6.07, 6.45) is 2.32. The van der Waals surface area contributed by atoms with Crippen molar-refractivity contribution < 1.29 is 4.79 Å². The van der Waals surface area contributed by atoms with Crippen LogP contribution in [0.25, 0.3) is 0 Å². The Hall–Kier alpha value is -1.35. The number of nitrogens with two attached hydrogens (primary N) is 1. The Morgan fingerprint density at radius 1 is 1.35 bits per heavy atom. The van der Waals surface area contributed by atoms with Crippen molar-refractivity contribution in [1.29, 1.82) is 0 Å². The molecule has 1 aromatic rings. The summed E-state index contributed by atoms with van der Waals surface area (Å²) in [5.41, 5.74) is 8.63. The maximum Gasteiger partial charge on any atom is 0.222 e. The zero-order valence-electron chi connectivity index (χ0n) is 12.9. The monoisotopic (exact) mass is 274 g/mol. The van der Waals surface area contributed by atoms with Gasteiger partial charge in [-0.05, 0) is 30.7 Å². The SMILES string of the molecule is Cc1ccc(CCC(=O)N2CCC(N)C(C)(C)C2)cc1. The first-order chi connectivity index (χ1) is 9.38. The van der Waals surface area contributed by atoms with Crippen LogP contribution in [0.5, 0.6) is 0 Å². The highest BCUT2D eigenvalue weighted by molar-refractivity contribution is 5.76. The van der Waals surface area contributed by atoms with E-state index in [-0.39, 0.29) is 17.4 Å². The van der Waals surface area contributed by atoms with E-state index in [4.69, 9.17) is 5.73 Å². The van der Waals surface area contributed by atoms with Gasteiger partial charge in [0.05, 0.1) is 0 Å². The zero-order valence-corrected chi connectivity index (χ0v) is 12.9. The summed E-state index contributed by atoms with van der Waals surface area (Å²) in [7, 11) is 0. The fraction of sp³-hybridized carbons (Fsp3) is 0.588. The highest BCUT2D eigenvalue weighted by atomic mass is 16.2. The first kappa shape index (κ1) is 15.0. The molecule has 0 radical (unpaired) electrons. The fourth-order valence-electron chi connectivity index (χ4n) is 2.75. The number of hydrogen-bond acceptors (Lipinski definition) is 2. The summed E-state index contributed by atoms with van der Waals surface area (Å²) < 4.78 is 0. The molecule has 20 heavy (non-hydrogen) atoms. The van der Waals surface area contributed by atoms with Crippen molar-refractivity contribution in [2.75, 3.05) is 13.1 Å². The first-order valence-corrected chi connectivity index (χ1v) is 7.47. The van der Waals surface area contributed by atoms with Crippen LogP contribution in [0.4, 0.5) is 0 Å². The number of amides is 1. The van der Waals surface area contributed by atoms with Crippen LogP contribution in [0.1, 0.15) is 37.8 Å². The van der Waals surface area contributed by atoms with Gasteiger partial charge in [-0.25, -0.2) is 0 Å². The number of likely N-dealkylation sites (tertiary alicyclic amines) is 1. The topological polar surface area (TPSA) is 46.3 Å². The Morgan fingerprint density at radius 2 is 2.00 bits per heavy atom. The van der Waals surface area contributed by atoms with Gasteiger partial charge < -0.3 is 10.6 Å². The molecule has 1 saturated heterocycles. The molecule has 0 bridgehead atoms. The molecule has 1 fully saturated rings. The number of carbonyl (C=O) groups excluding carboxylic acids is 1. The van der Waals surface area contributed by atoms with Crippen LogP contribution in [-0.4, -0.2) is 29.9 Å². The molecule has 1 aliphatic rings. The molecule has 1 atom stereocenters. The number of benzene rings is 1. The van der Waals surface area contributed by atoms with Gasteiger partial charge in [-0.15, -0.1) is 0 Å². The van der Waals surface area contributed by atoms with Gasteiger partial charge in [0.25, 0.3) is 0 Å². The molecule has 1 aliphatic heterocycles. The van der Waals surface area contributed by atoms with E-state index in [2.05, 4.69) is 45.0 Å². The highest BCUT2D eigenvalue weighted by Gasteiger charge is 2.34. The van der Waals surface area contributed by atoms with Crippen molar-refractivity contribution >= 4 is 5.91 Å². The Labute approximate surface area is 122 Å². The second-order valence-corrected chi connectivity index (χ2v) is 6.68. The average Bonchev–Trinajstić information content (AvgIpc) is 2.41. The molecule has 2 N–H and O–H groups in total. The van der Waals surface area contributed by atoms with Gasteiger partial charge in [0.15, 0.2) is 0 Å². The lowest BCUT2D eigenvalue weighted by molar-refractivity contribution is -0.134.